The van der Waals surface area contributed by atoms with Gasteiger partial charge in [-0.15, -0.1) is 0 Å². The third-order valence-electron chi connectivity index (χ3n) is 7.25. The van der Waals surface area contributed by atoms with Crippen LogP contribution in [0, 0.1) is 0 Å². The van der Waals surface area contributed by atoms with Crippen LogP contribution < -0.4 is 4.90 Å². The fourth-order valence-corrected chi connectivity index (χ4v) is 5.77. The summed E-state index contributed by atoms with van der Waals surface area (Å²) in [6, 6.07) is 11.0. The topological polar surface area (TPSA) is 39.9 Å². The van der Waals surface area contributed by atoms with Crippen molar-refractivity contribution in [2.45, 2.75) is 52.1 Å². The molecule has 0 unspecified atom stereocenters. The minimum absolute atomic E-state index is 0.331. The fraction of sp³-hybridized carbons (Fsp3) is 0.538. The zero-order valence-electron chi connectivity index (χ0n) is 19.9. The Morgan fingerprint density at radius 1 is 1.09 bits per heavy atom. The van der Waals surface area contributed by atoms with Crippen molar-refractivity contribution < 1.29 is 0 Å². The van der Waals surface area contributed by atoms with Gasteiger partial charge in [-0.25, -0.2) is 4.98 Å². The number of aromatic nitrogens is 3. The second-order valence-corrected chi connectivity index (χ2v) is 9.63. The van der Waals surface area contributed by atoms with Crippen molar-refractivity contribution in [2.24, 2.45) is 0 Å². The maximum atomic E-state index is 7.04. The molecule has 0 spiro atoms. The molecule has 176 valence electrons. The summed E-state index contributed by atoms with van der Waals surface area (Å²) in [5.41, 5.74) is 4.54. The van der Waals surface area contributed by atoms with Gasteiger partial charge in [-0.2, -0.15) is 0 Å². The van der Waals surface area contributed by atoms with E-state index in [0.29, 0.717) is 6.04 Å². The highest BCUT2D eigenvalue weighted by Crippen LogP contribution is 2.35. The molecule has 1 saturated heterocycles. The molecule has 3 aromatic heterocycles. The lowest BCUT2D eigenvalue weighted by atomic mass is 9.90. The van der Waals surface area contributed by atoms with Gasteiger partial charge in [-0.1, -0.05) is 37.6 Å². The van der Waals surface area contributed by atoms with Crippen molar-refractivity contribution in [3.05, 3.63) is 58.6 Å². The second-order valence-electron chi connectivity index (χ2n) is 9.27. The summed E-state index contributed by atoms with van der Waals surface area (Å²) in [4.78, 5) is 17.3. The highest BCUT2D eigenvalue weighted by atomic mass is 35.5. The molecule has 0 radical (unpaired) electrons. The lowest BCUT2D eigenvalue weighted by Gasteiger charge is -2.35. The van der Waals surface area contributed by atoms with Gasteiger partial charge in [0, 0.05) is 38.9 Å². The largest absolute Gasteiger partial charge is 0.355 e. The van der Waals surface area contributed by atoms with E-state index in [9.17, 15) is 0 Å². The van der Waals surface area contributed by atoms with Crippen molar-refractivity contribution in [1.82, 2.24) is 24.2 Å². The van der Waals surface area contributed by atoms with Crippen LogP contribution in [-0.4, -0.2) is 63.4 Å². The van der Waals surface area contributed by atoms with Gasteiger partial charge in [0.1, 0.15) is 16.6 Å². The van der Waals surface area contributed by atoms with E-state index in [1.54, 1.807) is 0 Å². The summed E-state index contributed by atoms with van der Waals surface area (Å²) in [7, 11) is 0. The lowest BCUT2D eigenvalue weighted by molar-refractivity contribution is 0.164. The number of hydrogen-bond acceptors (Lipinski definition) is 5. The number of anilines is 1. The van der Waals surface area contributed by atoms with Crippen LogP contribution in [0.2, 0.25) is 5.15 Å². The normalized spacial score (nSPS) is 19.4. The van der Waals surface area contributed by atoms with Gasteiger partial charge in [0.2, 0.25) is 0 Å². The van der Waals surface area contributed by atoms with Gasteiger partial charge < -0.3 is 9.80 Å². The molecule has 6 nitrogen and oxygen atoms in total. The Bertz CT molecular complexity index is 1090. The van der Waals surface area contributed by atoms with Crippen molar-refractivity contribution in [3.8, 4) is 0 Å². The highest BCUT2D eigenvalue weighted by Gasteiger charge is 2.28. The van der Waals surface area contributed by atoms with Crippen LogP contribution >= 0.6 is 11.6 Å². The van der Waals surface area contributed by atoms with Gasteiger partial charge in [0.05, 0.1) is 17.4 Å². The van der Waals surface area contributed by atoms with Gasteiger partial charge in [-0.3, -0.25) is 14.3 Å². The van der Waals surface area contributed by atoms with Gasteiger partial charge >= 0.3 is 0 Å². The predicted octanol–water partition coefficient (Wildman–Crippen LogP) is 4.81. The van der Waals surface area contributed by atoms with Crippen LogP contribution in [0.4, 0.5) is 5.82 Å². The number of pyridine rings is 2. The Hall–Kier alpha value is -2.15. The average Bonchev–Trinajstić information content (AvgIpc) is 3.18. The molecule has 0 bridgehead atoms. The van der Waals surface area contributed by atoms with Crippen molar-refractivity contribution >= 4 is 23.1 Å². The fourth-order valence-electron chi connectivity index (χ4n) is 5.49. The third-order valence-corrected chi connectivity index (χ3v) is 7.63. The van der Waals surface area contributed by atoms with E-state index in [1.165, 1.54) is 17.7 Å². The number of likely N-dealkylation sites (N-methyl/N-ethyl adjacent to an activating group) is 1. The highest BCUT2D eigenvalue weighted by molar-refractivity contribution is 6.30. The van der Waals surface area contributed by atoms with E-state index >= 15 is 0 Å². The molecule has 0 saturated carbocycles. The number of imidazole rings is 1. The van der Waals surface area contributed by atoms with Crippen molar-refractivity contribution in [1.29, 1.82) is 0 Å². The first-order valence-corrected chi connectivity index (χ1v) is 12.9. The van der Waals surface area contributed by atoms with Crippen LogP contribution in [0.15, 0.2) is 36.5 Å². The quantitative estimate of drug-likeness (QED) is 0.499. The molecule has 2 aliphatic rings. The van der Waals surface area contributed by atoms with Crippen LogP contribution in [0.5, 0.6) is 0 Å². The minimum Gasteiger partial charge on any atom is -0.355 e. The predicted molar refractivity (Wildman–Crippen MR) is 135 cm³/mol. The summed E-state index contributed by atoms with van der Waals surface area (Å²) in [6.45, 7) is 11.6. The number of halogens is 1. The molecular formula is C26H35ClN6. The maximum absolute atomic E-state index is 7.04. The Labute approximate surface area is 202 Å². The van der Waals surface area contributed by atoms with E-state index in [4.69, 9.17) is 21.6 Å². The Morgan fingerprint density at radius 2 is 1.94 bits per heavy atom. The molecule has 1 aliphatic carbocycles. The zero-order valence-corrected chi connectivity index (χ0v) is 20.6. The molecule has 7 heteroatoms. The van der Waals surface area contributed by atoms with Crippen LogP contribution in [-0.2, 0) is 13.0 Å². The van der Waals surface area contributed by atoms with Crippen LogP contribution in [0.25, 0.3) is 5.65 Å². The molecule has 4 heterocycles. The molecule has 5 rings (SSSR count). The standard InChI is InChI=1S/C26H35ClN6/c1-3-14-32(22-10-5-8-20-9-7-13-28-25(20)22)19-21-26(27)33-23(29-21)11-6-12-24(33)31-17-15-30(4-2)16-18-31/h6-7,9,11-13,22H,3-5,8,10,14-19H2,1-2H3/t22-/m0/s1. The number of piperazine rings is 1. The van der Waals surface area contributed by atoms with Gasteiger partial charge in [-0.05, 0) is 62.5 Å². The van der Waals surface area contributed by atoms with Gasteiger partial charge in [0.15, 0.2) is 0 Å². The van der Waals surface area contributed by atoms with E-state index < -0.39 is 0 Å². The molecule has 1 aliphatic heterocycles. The first-order chi connectivity index (χ1) is 16.2. The minimum atomic E-state index is 0.331. The number of fused-ring (bicyclic) bond motifs is 2. The summed E-state index contributed by atoms with van der Waals surface area (Å²) < 4.78 is 2.15. The molecular weight excluding hydrogens is 432 g/mol. The summed E-state index contributed by atoms with van der Waals surface area (Å²) >= 11 is 7.04. The second kappa shape index (κ2) is 10.00. The molecule has 0 aromatic carbocycles. The van der Waals surface area contributed by atoms with Crippen LogP contribution in [0.1, 0.15) is 56.1 Å². The molecule has 3 aromatic rings. The third kappa shape index (κ3) is 4.48. The van der Waals surface area contributed by atoms with E-state index in [0.717, 1.165) is 87.4 Å². The first kappa shape index (κ1) is 22.6. The van der Waals surface area contributed by atoms with Gasteiger partial charge in [0.25, 0.3) is 0 Å². The van der Waals surface area contributed by atoms with E-state index in [-0.39, 0.29) is 0 Å². The Balaban J connectivity index is 1.44. The van der Waals surface area contributed by atoms with E-state index in [1.807, 2.05) is 6.20 Å². The zero-order chi connectivity index (χ0) is 22.8. The van der Waals surface area contributed by atoms with E-state index in [2.05, 4.69) is 63.3 Å². The average molecular weight is 467 g/mol. The number of hydrogen-bond donors (Lipinski definition) is 0. The van der Waals surface area contributed by atoms with Crippen molar-refractivity contribution in [3.63, 3.8) is 0 Å². The molecule has 0 N–H and O–H groups in total. The Morgan fingerprint density at radius 3 is 2.73 bits per heavy atom. The number of aryl methyl sites for hydroxylation is 1. The number of nitrogens with zero attached hydrogens (tertiary/aromatic N) is 6. The monoisotopic (exact) mass is 466 g/mol. The maximum Gasteiger partial charge on any atom is 0.139 e. The smallest absolute Gasteiger partial charge is 0.139 e. The lowest BCUT2D eigenvalue weighted by Crippen LogP contribution is -2.46. The first-order valence-electron chi connectivity index (χ1n) is 12.5. The summed E-state index contributed by atoms with van der Waals surface area (Å²) in [5, 5.41) is 0.747. The van der Waals surface area contributed by atoms with Crippen LogP contribution in [0.3, 0.4) is 0 Å². The Kier molecular flexibility index (Phi) is 6.86. The molecule has 1 atom stereocenters. The number of rotatable bonds is 7. The molecule has 1 fully saturated rings. The molecule has 0 amide bonds. The van der Waals surface area contributed by atoms with Crippen molar-refractivity contribution in [2.75, 3.05) is 44.2 Å². The summed E-state index contributed by atoms with van der Waals surface area (Å²) in [6.07, 6.45) is 6.50. The molecule has 33 heavy (non-hydrogen) atoms. The SMILES string of the molecule is CCCN(Cc1nc2cccc(N3CCN(CC)CC3)n2c1Cl)[C@H]1CCCc2cccnc21. The summed E-state index contributed by atoms with van der Waals surface area (Å²) in [5.74, 6) is 1.15.